The maximum absolute atomic E-state index is 14.1. The Morgan fingerprint density at radius 3 is 2.21 bits per heavy atom. The summed E-state index contributed by atoms with van der Waals surface area (Å²) in [7, 11) is 0. The van der Waals surface area contributed by atoms with Crippen LogP contribution in [0, 0.1) is 5.92 Å². The van der Waals surface area contributed by atoms with Crippen molar-refractivity contribution >= 4 is 0 Å². The van der Waals surface area contributed by atoms with E-state index in [2.05, 4.69) is 13.8 Å². The minimum absolute atomic E-state index is 0.0900. The zero-order chi connectivity index (χ0) is 17.8. The second-order valence-corrected chi connectivity index (χ2v) is 7.55. The number of alkyl halides is 2. The molecule has 0 amide bonds. The minimum Gasteiger partial charge on any atom is -0.352 e. The summed E-state index contributed by atoms with van der Waals surface area (Å²) in [5, 5.41) is 0. The van der Waals surface area contributed by atoms with Crippen molar-refractivity contribution in [3.8, 4) is 0 Å². The summed E-state index contributed by atoms with van der Waals surface area (Å²) < 4.78 is 38.8. The Balaban J connectivity index is 2.23. The summed E-state index contributed by atoms with van der Waals surface area (Å²) in [6.45, 7) is 5.81. The molecule has 2 unspecified atom stereocenters. The highest BCUT2D eigenvalue weighted by Crippen LogP contribution is 2.26. The number of unbranched alkanes of at least 4 members (excludes halogenated alkanes) is 5. The van der Waals surface area contributed by atoms with E-state index in [1.165, 1.54) is 45.4 Å². The molecule has 24 heavy (non-hydrogen) atoms. The molecule has 0 N–H and O–H groups in total. The van der Waals surface area contributed by atoms with Gasteiger partial charge in [0, 0.05) is 0 Å². The zero-order valence-electron chi connectivity index (χ0n) is 15.9. The van der Waals surface area contributed by atoms with Crippen molar-refractivity contribution in [3.05, 3.63) is 0 Å². The smallest absolute Gasteiger partial charge is 0.157 e. The van der Waals surface area contributed by atoms with Crippen LogP contribution >= 0.6 is 0 Å². The third-order valence-electron chi connectivity index (χ3n) is 5.18. The lowest BCUT2D eigenvalue weighted by atomic mass is 9.89. The quantitative estimate of drug-likeness (QED) is 0.284. The molecule has 1 rings (SSSR count). The fraction of sp³-hybridized carbons (Fsp3) is 1.00. The molecular formula is C20H38F2O2. The van der Waals surface area contributed by atoms with Crippen molar-refractivity contribution in [3.63, 3.8) is 0 Å². The Bertz CT molecular complexity index is 291. The van der Waals surface area contributed by atoms with E-state index in [0.29, 0.717) is 6.42 Å². The highest BCUT2D eigenvalue weighted by atomic mass is 19.2. The van der Waals surface area contributed by atoms with Gasteiger partial charge in [-0.15, -0.1) is 0 Å². The summed E-state index contributed by atoms with van der Waals surface area (Å²) in [4.78, 5) is 0. The van der Waals surface area contributed by atoms with E-state index in [9.17, 15) is 8.78 Å². The Kier molecular flexibility index (Phi) is 11.9. The molecule has 1 aliphatic rings. The molecule has 0 bridgehead atoms. The molecule has 1 aliphatic carbocycles. The Morgan fingerprint density at radius 2 is 1.58 bits per heavy atom. The zero-order valence-corrected chi connectivity index (χ0v) is 15.9. The average molecular weight is 349 g/mol. The third-order valence-corrected chi connectivity index (χ3v) is 5.18. The minimum atomic E-state index is -1.56. The molecule has 3 atom stereocenters. The van der Waals surface area contributed by atoms with Gasteiger partial charge in [0.25, 0.3) is 0 Å². The predicted molar refractivity (Wildman–Crippen MR) is 95.7 cm³/mol. The number of ether oxygens (including phenoxy) is 2. The van der Waals surface area contributed by atoms with E-state index in [1.54, 1.807) is 0 Å². The van der Waals surface area contributed by atoms with Gasteiger partial charge in [-0.1, -0.05) is 52.4 Å². The summed E-state index contributed by atoms with van der Waals surface area (Å²) in [5.74, 6) is 0.772. The summed E-state index contributed by atoms with van der Waals surface area (Å²) in [6.07, 6.45) is 8.33. The van der Waals surface area contributed by atoms with Gasteiger partial charge >= 0.3 is 0 Å². The van der Waals surface area contributed by atoms with Crippen molar-refractivity contribution < 1.29 is 18.3 Å². The fourth-order valence-corrected chi connectivity index (χ4v) is 3.38. The summed E-state index contributed by atoms with van der Waals surface area (Å²) in [5.41, 5.74) is 0. The molecule has 0 spiro atoms. The first-order chi connectivity index (χ1) is 11.5. The number of rotatable bonds is 13. The van der Waals surface area contributed by atoms with Gasteiger partial charge in [0.1, 0.15) is 13.0 Å². The summed E-state index contributed by atoms with van der Waals surface area (Å²) in [6, 6.07) is 0. The largest absolute Gasteiger partial charge is 0.352 e. The van der Waals surface area contributed by atoms with Crippen LogP contribution in [-0.2, 0) is 9.47 Å². The van der Waals surface area contributed by atoms with E-state index in [-0.39, 0.29) is 12.9 Å². The van der Waals surface area contributed by atoms with Gasteiger partial charge in [-0.2, -0.15) is 0 Å². The molecule has 0 aromatic heterocycles. The van der Waals surface area contributed by atoms with Gasteiger partial charge in [-0.05, 0) is 44.9 Å². The first kappa shape index (κ1) is 21.8. The van der Waals surface area contributed by atoms with Crippen LogP contribution in [-0.4, -0.2) is 31.3 Å². The van der Waals surface area contributed by atoms with Crippen LogP contribution in [0.15, 0.2) is 0 Å². The third kappa shape index (κ3) is 9.31. The van der Waals surface area contributed by atoms with Gasteiger partial charge in [-0.25, -0.2) is 8.78 Å². The molecule has 0 saturated heterocycles. The predicted octanol–water partition coefficient (Wildman–Crippen LogP) is 6.37. The number of halogens is 2. The Hall–Kier alpha value is -0.220. The molecule has 0 aromatic rings. The van der Waals surface area contributed by atoms with Gasteiger partial charge < -0.3 is 9.47 Å². The van der Waals surface area contributed by atoms with Crippen LogP contribution in [0.25, 0.3) is 0 Å². The normalized spacial score (nSPS) is 25.4. The molecule has 4 heteroatoms. The molecule has 144 valence electrons. The van der Waals surface area contributed by atoms with Gasteiger partial charge in [-0.3, -0.25) is 0 Å². The van der Waals surface area contributed by atoms with Crippen LogP contribution in [0.1, 0.15) is 91.4 Å². The lowest BCUT2D eigenvalue weighted by Gasteiger charge is -2.28. The van der Waals surface area contributed by atoms with Crippen LogP contribution < -0.4 is 0 Å². The molecule has 0 heterocycles. The lowest BCUT2D eigenvalue weighted by molar-refractivity contribution is -0.149. The fourth-order valence-electron chi connectivity index (χ4n) is 3.38. The molecule has 2 nitrogen and oxygen atoms in total. The van der Waals surface area contributed by atoms with E-state index >= 15 is 0 Å². The maximum Gasteiger partial charge on any atom is 0.157 e. The molecule has 1 fully saturated rings. The van der Waals surface area contributed by atoms with E-state index in [0.717, 1.165) is 31.6 Å². The molecular weight excluding hydrogens is 310 g/mol. The van der Waals surface area contributed by atoms with Crippen LogP contribution in [0.5, 0.6) is 0 Å². The highest BCUT2D eigenvalue weighted by Gasteiger charge is 2.28. The highest BCUT2D eigenvalue weighted by molar-refractivity contribution is 4.75. The monoisotopic (exact) mass is 348 g/mol. The van der Waals surface area contributed by atoms with Crippen molar-refractivity contribution in [1.82, 2.24) is 0 Å². The SMILES string of the molecule is CCCCCCCCC(OCOC1CCC(C)CC1)[C@@H](F)C(C)F. The van der Waals surface area contributed by atoms with E-state index in [4.69, 9.17) is 9.47 Å². The van der Waals surface area contributed by atoms with Crippen molar-refractivity contribution in [2.45, 2.75) is 116 Å². The Labute approximate surface area is 147 Å². The van der Waals surface area contributed by atoms with Crippen LogP contribution in [0.2, 0.25) is 0 Å². The van der Waals surface area contributed by atoms with Gasteiger partial charge in [0.05, 0.1) is 12.2 Å². The van der Waals surface area contributed by atoms with Crippen LogP contribution in [0.3, 0.4) is 0 Å². The second kappa shape index (κ2) is 13.0. The lowest BCUT2D eigenvalue weighted by Crippen LogP contribution is -2.33. The van der Waals surface area contributed by atoms with Gasteiger partial charge in [0.15, 0.2) is 6.17 Å². The van der Waals surface area contributed by atoms with E-state index < -0.39 is 18.4 Å². The second-order valence-electron chi connectivity index (χ2n) is 7.55. The van der Waals surface area contributed by atoms with Crippen molar-refractivity contribution in [1.29, 1.82) is 0 Å². The summed E-state index contributed by atoms with van der Waals surface area (Å²) >= 11 is 0. The average Bonchev–Trinajstić information content (AvgIpc) is 2.57. The molecule has 1 saturated carbocycles. The first-order valence-electron chi connectivity index (χ1n) is 10.1. The number of hydrogen-bond acceptors (Lipinski definition) is 2. The first-order valence-corrected chi connectivity index (χ1v) is 10.1. The van der Waals surface area contributed by atoms with Crippen molar-refractivity contribution in [2.75, 3.05) is 6.79 Å². The Morgan fingerprint density at radius 1 is 0.958 bits per heavy atom. The van der Waals surface area contributed by atoms with Crippen molar-refractivity contribution in [2.24, 2.45) is 5.92 Å². The molecule has 0 aliphatic heterocycles. The number of hydrogen-bond donors (Lipinski definition) is 0. The van der Waals surface area contributed by atoms with E-state index in [1.807, 2.05) is 0 Å². The molecule has 0 radical (unpaired) electrons. The maximum atomic E-state index is 14.1. The van der Waals surface area contributed by atoms with Gasteiger partial charge in [0.2, 0.25) is 0 Å². The van der Waals surface area contributed by atoms with Crippen LogP contribution in [0.4, 0.5) is 8.78 Å². The standard InChI is InChI=1S/C20H38F2O2/c1-4-5-6-7-8-9-10-19(20(22)17(3)21)24-15-23-18-13-11-16(2)12-14-18/h16-20H,4-15H2,1-3H3/t16?,17?,18?,19?,20-/m0/s1. The molecule has 0 aromatic carbocycles. The topological polar surface area (TPSA) is 18.5 Å².